The first-order valence-electron chi connectivity index (χ1n) is 18.0. The van der Waals surface area contributed by atoms with E-state index in [2.05, 4.69) is 157 Å². The summed E-state index contributed by atoms with van der Waals surface area (Å²) in [7, 11) is 0. The van der Waals surface area contributed by atoms with Crippen LogP contribution in [-0.2, 0) is 0 Å². The molecule has 0 saturated heterocycles. The van der Waals surface area contributed by atoms with Gasteiger partial charge >= 0.3 is 0 Å². The van der Waals surface area contributed by atoms with Crippen LogP contribution >= 0.6 is 0 Å². The second kappa shape index (κ2) is 13.3. The van der Waals surface area contributed by atoms with Crippen molar-refractivity contribution in [1.82, 2.24) is 15.0 Å². The zero-order valence-corrected chi connectivity index (χ0v) is 29.2. The van der Waals surface area contributed by atoms with E-state index in [1.807, 2.05) is 42.5 Å². The molecule has 0 bridgehead atoms. The molecule has 0 radical (unpaired) electrons. The van der Waals surface area contributed by atoms with Gasteiger partial charge in [-0.15, -0.1) is 0 Å². The lowest BCUT2D eigenvalue weighted by Crippen LogP contribution is -2.12. The predicted octanol–water partition coefficient (Wildman–Crippen LogP) is 13.1. The number of para-hydroxylation sites is 3. The summed E-state index contributed by atoms with van der Waals surface area (Å²) in [5, 5.41) is 4.45. The fourth-order valence-electron chi connectivity index (χ4n) is 7.31. The molecular weight excluding hydrogens is 661 g/mol. The molecule has 5 heteroatoms. The van der Waals surface area contributed by atoms with Crippen LogP contribution in [0.4, 0.5) is 17.1 Å². The molecule has 10 rings (SSSR count). The summed E-state index contributed by atoms with van der Waals surface area (Å²) >= 11 is 0. The Hall–Kier alpha value is -7.37. The fraction of sp³-hybridized carbons (Fsp3) is 0. The summed E-state index contributed by atoms with van der Waals surface area (Å²) < 4.78 is 6.31. The second-order valence-electron chi connectivity index (χ2n) is 13.2. The number of aromatic nitrogens is 3. The maximum absolute atomic E-state index is 6.31. The quantitative estimate of drug-likeness (QED) is 0.166. The number of fused-ring (bicyclic) bond motifs is 4. The molecule has 5 nitrogen and oxygen atoms in total. The molecule has 0 aliphatic rings. The molecule has 2 aromatic heterocycles. The highest BCUT2D eigenvalue weighted by Gasteiger charge is 2.22. The van der Waals surface area contributed by atoms with Gasteiger partial charge in [0.2, 0.25) is 0 Å². The van der Waals surface area contributed by atoms with E-state index in [9.17, 15) is 0 Å². The SMILES string of the molecule is c1ccc(-c2ccc(-c3nc(-c4ccc5c(c4)oc4ccccc45)nc(-c4ccccc4N(c4ccccc4)c4cccc5ccccc45)n3)cc2)cc1. The molecule has 10 aromatic rings. The molecular formula is C49H32N4O. The van der Waals surface area contributed by atoms with E-state index >= 15 is 0 Å². The third kappa shape index (κ3) is 5.65. The van der Waals surface area contributed by atoms with E-state index in [0.717, 1.165) is 77.6 Å². The van der Waals surface area contributed by atoms with E-state index in [1.54, 1.807) is 0 Å². The smallest absolute Gasteiger partial charge is 0.166 e. The number of hydrogen-bond donors (Lipinski definition) is 0. The van der Waals surface area contributed by atoms with Crippen LogP contribution in [0.5, 0.6) is 0 Å². The molecule has 8 aromatic carbocycles. The van der Waals surface area contributed by atoms with Gasteiger partial charge in [-0.2, -0.15) is 0 Å². The summed E-state index contributed by atoms with van der Waals surface area (Å²) in [6, 6.07) is 66.9. The Morgan fingerprint density at radius 3 is 1.74 bits per heavy atom. The molecule has 0 spiro atoms. The van der Waals surface area contributed by atoms with Crippen molar-refractivity contribution in [1.29, 1.82) is 0 Å². The third-order valence-electron chi connectivity index (χ3n) is 9.93. The minimum Gasteiger partial charge on any atom is -0.456 e. The van der Waals surface area contributed by atoms with Gasteiger partial charge in [-0.1, -0.05) is 146 Å². The number of nitrogens with zero attached hydrogens (tertiary/aromatic N) is 4. The largest absolute Gasteiger partial charge is 0.456 e. The average Bonchev–Trinajstić information content (AvgIpc) is 3.63. The number of benzene rings is 8. The zero-order valence-electron chi connectivity index (χ0n) is 29.2. The summed E-state index contributed by atoms with van der Waals surface area (Å²) in [6.07, 6.45) is 0. The van der Waals surface area contributed by atoms with Crippen molar-refractivity contribution in [2.24, 2.45) is 0 Å². The van der Waals surface area contributed by atoms with E-state index in [-0.39, 0.29) is 0 Å². The third-order valence-corrected chi connectivity index (χ3v) is 9.93. The Morgan fingerprint density at radius 2 is 0.907 bits per heavy atom. The van der Waals surface area contributed by atoms with Gasteiger partial charge in [0.25, 0.3) is 0 Å². The lowest BCUT2D eigenvalue weighted by atomic mass is 10.0. The summed E-state index contributed by atoms with van der Waals surface area (Å²) in [4.78, 5) is 17.9. The highest BCUT2D eigenvalue weighted by Crippen LogP contribution is 2.43. The van der Waals surface area contributed by atoms with Crippen molar-refractivity contribution in [3.8, 4) is 45.3 Å². The van der Waals surface area contributed by atoms with Crippen molar-refractivity contribution < 1.29 is 4.42 Å². The topological polar surface area (TPSA) is 55.1 Å². The van der Waals surface area contributed by atoms with Gasteiger partial charge in [0.1, 0.15) is 11.2 Å². The molecule has 0 fully saturated rings. The van der Waals surface area contributed by atoms with Gasteiger partial charge in [-0.3, -0.25) is 0 Å². The van der Waals surface area contributed by atoms with Gasteiger partial charge in [0.15, 0.2) is 17.5 Å². The molecule has 0 amide bonds. The van der Waals surface area contributed by atoms with Crippen LogP contribution in [0.3, 0.4) is 0 Å². The summed E-state index contributed by atoms with van der Waals surface area (Å²) in [6.45, 7) is 0. The fourth-order valence-corrected chi connectivity index (χ4v) is 7.31. The van der Waals surface area contributed by atoms with Crippen LogP contribution in [0, 0.1) is 0 Å². The second-order valence-corrected chi connectivity index (χ2v) is 13.2. The van der Waals surface area contributed by atoms with Gasteiger partial charge in [0, 0.05) is 38.5 Å². The Kier molecular flexibility index (Phi) is 7.73. The Morgan fingerprint density at radius 1 is 0.352 bits per heavy atom. The first-order chi connectivity index (χ1) is 26.8. The van der Waals surface area contributed by atoms with Gasteiger partial charge in [-0.05, 0) is 65.0 Å². The lowest BCUT2D eigenvalue weighted by molar-refractivity contribution is 0.669. The molecule has 2 heterocycles. The van der Waals surface area contributed by atoms with Crippen molar-refractivity contribution >= 4 is 49.8 Å². The van der Waals surface area contributed by atoms with Gasteiger partial charge in [0.05, 0.1) is 11.4 Å². The Balaban J connectivity index is 1.18. The maximum Gasteiger partial charge on any atom is 0.166 e. The normalized spacial score (nSPS) is 11.3. The zero-order chi connectivity index (χ0) is 35.8. The van der Waals surface area contributed by atoms with Crippen LogP contribution in [-0.4, -0.2) is 15.0 Å². The van der Waals surface area contributed by atoms with Crippen molar-refractivity contribution in [3.63, 3.8) is 0 Å². The summed E-state index contributed by atoms with van der Waals surface area (Å²) in [5.74, 6) is 1.73. The van der Waals surface area contributed by atoms with E-state index in [0.29, 0.717) is 17.5 Å². The van der Waals surface area contributed by atoms with Crippen LogP contribution in [0.2, 0.25) is 0 Å². The number of hydrogen-bond acceptors (Lipinski definition) is 5. The van der Waals surface area contributed by atoms with Crippen LogP contribution in [0.1, 0.15) is 0 Å². The minimum absolute atomic E-state index is 0.565. The molecule has 254 valence electrons. The van der Waals surface area contributed by atoms with E-state index < -0.39 is 0 Å². The van der Waals surface area contributed by atoms with Crippen LogP contribution in [0.25, 0.3) is 78.0 Å². The van der Waals surface area contributed by atoms with E-state index in [4.69, 9.17) is 19.4 Å². The predicted molar refractivity (Wildman–Crippen MR) is 221 cm³/mol. The number of anilines is 3. The van der Waals surface area contributed by atoms with Crippen LogP contribution in [0.15, 0.2) is 199 Å². The minimum atomic E-state index is 0.565. The maximum atomic E-state index is 6.31. The Labute approximate surface area is 312 Å². The van der Waals surface area contributed by atoms with Gasteiger partial charge in [-0.25, -0.2) is 15.0 Å². The van der Waals surface area contributed by atoms with E-state index in [1.165, 1.54) is 0 Å². The highest BCUT2D eigenvalue weighted by atomic mass is 16.3. The molecule has 0 aliphatic carbocycles. The molecule has 0 aliphatic heterocycles. The molecule has 0 atom stereocenters. The highest BCUT2D eigenvalue weighted by molar-refractivity contribution is 6.06. The van der Waals surface area contributed by atoms with Crippen LogP contribution < -0.4 is 4.90 Å². The first kappa shape index (κ1) is 31.4. The number of furan rings is 1. The first-order valence-corrected chi connectivity index (χ1v) is 18.0. The molecule has 54 heavy (non-hydrogen) atoms. The summed E-state index contributed by atoms with van der Waals surface area (Å²) in [5.41, 5.74) is 9.59. The molecule has 0 saturated carbocycles. The monoisotopic (exact) mass is 692 g/mol. The molecule has 0 N–H and O–H groups in total. The Bertz CT molecular complexity index is 2930. The van der Waals surface area contributed by atoms with Crippen molar-refractivity contribution in [3.05, 3.63) is 194 Å². The number of rotatable bonds is 7. The van der Waals surface area contributed by atoms with Crippen molar-refractivity contribution in [2.75, 3.05) is 4.90 Å². The standard InChI is InChI=1S/C49H32N4O/c1-3-14-33(15-4-1)34-26-28-36(29-27-34)47-50-48(37-30-31-41-40-21-10-12-25-45(40)54-46(41)32-37)52-49(51-47)42-22-9-11-23-44(42)53(38-18-5-2-6-19-38)43-24-13-17-35-16-7-8-20-39(35)43/h1-32H. The van der Waals surface area contributed by atoms with Gasteiger partial charge < -0.3 is 9.32 Å². The molecule has 0 unspecified atom stereocenters. The lowest BCUT2D eigenvalue weighted by Gasteiger charge is -2.28. The average molecular weight is 693 g/mol. The van der Waals surface area contributed by atoms with Crippen molar-refractivity contribution in [2.45, 2.75) is 0 Å².